The van der Waals surface area contributed by atoms with Crippen LogP contribution in [0, 0.1) is 5.82 Å². The van der Waals surface area contributed by atoms with Crippen LogP contribution in [0.3, 0.4) is 0 Å². The number of rotatable bonds is 5. The Bertz CT molecular complexity index is 449. The Hall–Kier alpha value is -2.11. The maximum absolute atomic E-state index is 13.1. The van der Waals surface area contributed by atoms with E-state index in [2.05, 4.69) is 5.32 Å². The maximum Gasteiger partial charge on any atom is 0.338 e. The Balaban J connectivity index is 2.45. The Labute approximate surface area is 104 Å². The summed E-state index contributed by atoms with van der Waals surface area (Å²) in [6, 6.07) is 3.66. The molecule has 0 spiro atoms. The second-order valence-corrected chi connectivity index (χ2v) is 3.58. The molecule has 0 radical (unpaired) electrons. The lowest BCUT2D eigenvalue weighted by Gasteiger charge is -2.05. The lowest BCUT2D eigenvalue weighted by Crippen LogP contribution is -2.24. The smallest absolute Gasteiger partial charge is 0.338 e. The highest BCUT2D eigenvalue weighted by atomic mass is 19.1. The normalized spacial score (nSPS) is 9.89. The van der Waals surface area contributed by atoms with Crippen molar-refractivity contribution in [3.05, 3.63) is 29.6 Å². The van der Waals surface area contributed by atoms with Crippen LogP contribution in [-0.2, 0) is 9.53 Å². The number of hydrogen-bond donors (Lipinski definition) is 2. The minimum Gasteiger partial charge on any atom is -0.462 e. The van der Waals surface area contributed by atoms with Gasteiger partial charge in [-0.25, -0.2) is 9.18 Å². The van der Waals surface area contributed by atoms with Crippen molar-refractivity contribution in [2.75, 3.05) is 18.9 Å². The number of nitrogens with two attached hydrogens (primary N) is 1. The molecule has 3 N–H and O–H groups in total. The van der Waals surface area contributed by atoms with Crippen molar-refractivity contribution < 1.29 is 18.7 Å². The predicted octanol–water partition coefficient (Wildman–Crippen LogP) is 1.09. The van der Waals surface area contributed by atoms with E-state index in [9.17, 15) is 14.0 Å². The number of nitrogen functional groups attached to an aromatic ring is 1. The van der Waals surface area contributed by atoms with Crippen molar-refractivity contribution in [2.45, 2.75) is 13.3 Å². The molecule has 18 heavy (non-hydrogen) atoms. The number of hydrogen-bond acceptors (Lipinski definition) is 4. The largest absolute Gasteiger partial charge is 0.462 e. The van der Waals surface area contributed by atoms with Crippen LogP contribution in [0.1, 0.15) is 23.7 Å². The molecule has 1 aromatic rings. The molecule has 5 nitrogen and oxygen atoms in total. The van der Waals surface area contributed by atoms with Crippen molar-refractivity contribution in [3.8, 4) is 0 Å². The molecule has 0 bridgehead atoms. The highest BCUT2D eigenvalue weighted by Gasteiger charge is 2.10. The summed E-state index contributed by atoms with van der Waals surface area (Å²) < 4.78 is 17.9. The van der Waals surface area contributed by atoms with Crippen molar-refractivity contribution in [2.24, 2.45) is 0 Å². The summed E-state index contributed by atoms with van der Waals surface area (Å²) in [6.45, 7) is 2.27. The third-order valence-electron chi connectivity index (χ3n) is 2.17. The first kappa shape index (κ1) is 14.0. The minimum absolute atomic E-state index is 0.0335. The number of ether oxygens (including phenoxy) is 1. The van der Waals surface area contributed by atoms with Crippen LogP contribution in [0.15, 0.2) is 18.2 Å². The average molecular weight is 254 g/mol. The van der Waals surface area contributed by atoms with Crippen LogP contribution in [0.2, 0.25) is 0 Å². The Morgan fingerprint density at radius 2 is 2.17 bits per heavy atom. The van der Waals surface area contributed by atoms with Gasteiger partial charge < -0.3 is 15.8 Å². The number of halogens is 1. The number of benzene rings is 1. The van der Waals surface area contributed by atoms with Crippen LogP contribution < -0.4 is 11.1 Å². The number of carbonyl (C=O) groups is 2. The molecule has 0 aliphatic heterocycles. The number of carbonyl (C=O) groups excluding carboxylic acids is 2. The predicted molar refractivity (Wildman–Crippen MR) is 64.4 cm³/mol. The molecule has 0 unspecified atom stereocenters. The van der Waals surface area contributed by atoms with Gasteiger partial charge in [0.1, 0.15) is 12.4 Å². The fraction of sp³-hybridized carbons (Fsp3) is 0.333. The van der Waals surface area contributed by atoms with E-state index in [1.165, 1.54) is 12.1 Å². The van der Waals surface area contributed by atoms with Gasteiger partial charge in [-0.2, -0.15) is 0 Å². The Kier molecular flexibility index (Phi) is 5.10. The third-order valence-corrected chi connectivity index (χ3v) is 2.17. The molecular formula is C12H15FN2O3. The first-order valence-corrected chi connectivity index (χ1v) is 5.53. The highest BCUT2D eigenvalue weighted by molar-refractivity contribution is 5.90. The van der Waals surface area contributed by atoms with Crippen molar-refractivity contribution >= 4 is 17.6 Å². The molecule has 6 heteroatoms. The average Bonchev–Trinajstić information content (AvgIpc) is 2.33. The van der Waals surface area contributed by atoms with Crippen LogP contribution in [-0.4, -0.2) is 25.0 Å². The van der Waals surface area contributed by atoms with Gasteiger partial charge in [0.15, 0.2) is 0 Å². The van der Waals surface area contributed by atoms with Gasteiger partial charge in [-0.15, -0.1) is 0 Å². The molecule has 1 aromatic carbocycles. The van der Waals surface area contributed by atoms with E-state index in [1.54, 1.807) is 6.92 Å². The standard InChI is InChI=1S/C12H15FN2O3/c1-2-15-11(16)5-6-18-12(17)8-3-4-10(14)9(13)7-8/h3-4,7H,2,5-6,14H2,1H3,(H,15,16). The molecule has 0 saturated heterocycles. The molecule has 0 atom stereocenters. The highest BCUT2D eigenvalue weighted by Crippen LogP contribution is 2.12. The fourth-order valence-electron chi connectivity index (χ4n) is 1.26. The van der Waals surface area contributed by atoms with Crippen molar-refractivity contribution in [1.82, 2.24) is 5.32 Å². The van der Waals surface area contributed by atoms with Crippen molar-refractivity contribution in [3.63, 3.8) is 0 Å². The molecule has 1 amide bonds. The van der Waals surface area contributed by atoms with Crippen LogP contribution in [0.4, 0.5) is 10.1 Å². The van der Waals surface area contributed by atoms with Crippen LogP contribution >= 0.6 is 0 Å². The van der Waals surface area contributed by atoms with Crippen LogP contribution in [0.25, 0.3) is 0 Å². The van der Waals surface area contributed by atoms with E-state index >= 15 is 0 Å². The van der Waals surface area contributed by atoms with Gasteiger partial charge in [0.05, 0.1) is 17.7 Å². The lowest BCUT2D eigenvalue weighted by molar-refractivity contribution is -0.121. The van der Waals surface area contributed by atoms with Gasteiger partial charge in [-0.3, -0.25) is 4.79 Å². The molecule has 1 rings (SSSR count). The van der Waals surface area contributed by atoms with E-state index in [1.807, 2.05) is 0 Å². The van der Waals surface area contributed by atoms with Gasteiger partial charge in [0.25, 0.3) is 0 Å². The third kappa shape index (κ3) is 4.04. The molecule has 0 aromatic heterocycles. The summed E-state index contributed by atoms with van der Waals surface area (Å²) in [4.78, 5) is 22.6. The molecule has 0 fully saturated rings. The summed E-state index contributed by atoms with van der Waals surface area (Å²) in [5, 5.41) is 2.57. The van der Waals surface area contributed by atoms with E-state index < -0.39 is 11.8 Å². The SMILES string of the molecule is CCNC(=O)CCOC(=O)c1ccc(N)c(F)c1. The minimum atomic E-state index is -0.682. The van der Waals surface area contributed by atoms with Gasteiger partial charge in [0, 0.05) is 6.54 Å². The zero-order chi connectivity index (χ0) is 13.5. The quantitative estimate of drug-likeness (QED) is 0.608. The van der Waals surface area contributed by atoms with Gasteiger partial charge in [-0.05, 0) is 25.1 Å². The molecule has 98 valence electrons. The van der Waals surface area contributed by atoms with Crippen LogP contribution in [0.5, 0.6) is 0 Å². The first-order chi connectivity index (χ1) is 8.54. The van der Waals surface area contributed by atoms with Gasteiger partial charge >= 0.3 is 5.97 Å². The maximum atomic E-state index is 13.1. The van der Waals surface area contributed by atoms with E-state index in [0.29, 0.717) is 6.54 Å². The lowest BCUT2D eigenvalue weighted by atomic mass is 10.2. The number of amides is 1. The number of anilines is 1. The summed E-state index contributed by atoms with van der Waals surface area (Å²) in [7, 11) is 0. The first-order valence-electron chi connectivity index (χ1n) is 5.53. The second-order valence-electron chi connectivity index (χ2n) is 3.58. The summed E-state index contributed by atoms with van der Waals surface area (Å²) >= 11 is 0. The summed E-state index contributed by atoms with van der Waals surface area (Å²) in [6.07, 6.45) is 0.0804. The second kappa shape index (κ2) is 6.58. The monoisotopic (exact) mass is 254 g/mol. The number of nitrogens with one attached hydrogen (secondary N) is 1. The summed E-state index contributed by atoms with van der Waals surface area (Å²) in [5.74, 6) is -1.56. The fourth-order valence-corrected chi connectivity index (χ4v) is 1.26. The van der Waals surface area contributed by atoms with Crippen molar-refractivity contribution in [1.29, 1.82) is 0 Å². The van der Waals surface area contributed by atoms with Gasteiger partial charge in [0.2, 0.25) is 5.91 Å². The molecular weight excluding hydrogens is 239 g/mol. The molecule has 0 aliphatic rings. The molecule has 0 heterocycles. The Morgan fingerprint density at radius 1 is 1.44 bits per heavy atom. The number of esters is 1. The molecule has 0 aliphatic carbocycles. The van der Waals surface area contributed by atoms with E-state index in [-0.39, 0.29) is 30.2 Å². The van der Waals surface area contributed by atoms with Gasteiger partial charge in [-0.1, -0.05) is 0 Å². The van der Waals surface area contributed by atoms with E-state index in [4.69, 9.17) is 10.5 Å². The molecule has 0 saturated carbocycles. The Morgan fingerprint density at radius 3 is 2.78 bits per heavy atom. The zero-order valence-electron chi connectivity index (χ0n) is 10.0. The van der Waals surface area contributed by atoms with E-state index in [0.717, 1.165) is 6.07 Å². The zero-order valence-corrected chi connectivity index (χ0v) is 10.0. The summed E-state index contributed by atoms with van der Waals surface area (Å²) in [5.41, 5.74) is 5.32. The topological polar surface area (TPSA) is 81.4 Å².